The molecule has 2 N–H and O–H groups in total. The van der Waals surface area contributed by atoms with E-state index in [4.69, 9.17) is 0 Å². The first-order valence-corrected chi connectivity index (χ1v) is 8.62. The zero-order chi connectivity index (χ0) is 16.9. The van der Waals surface area contributed by atoms with Gasteiger partial charge in [-0.2, -0.15) is 5.10 Å². The van der Waals surface area contributed by atoms with Crippen LogP contribution in [0.4, 0.5) is 5.82 Å². The summed E-state index contributed by atoms with van der Waals surface area (Å²) in [7, 11) is 2.11. The Balaban J connectivity index is 1.68. The number of nitrogens with one attached hydrogen (secondary N) is 2. The van der Waals surface area contributed by atoms with Crippen molar-refractivity contribution in [3.05, 3.63) is 41.3 Å². The van der Waals surface area contributed by atoms with Gasteiger partial charge in [0.1, 0.15) is 11.5 Å². The summed E-state index contributed by atoms with van der Waals surface area (Å²) in [6.07, 6.45) is 8.14. The first kappa shape index (κ1) is 16.5. The van der Waals surface area contributed by atoms with E-state index >= 15 is 0 Å². The van der Waals surface area contributed by atoms with Gasteiger partial charge in [0.2, 0.25) is 0 Å². The van der Waals surface area contributed by atoms with Crippen LogP contribution in [0, 0.1) is 6.92 Å². The number of hydrogen-bond acceptors (Lipinski definition) is 4. The largest absolute Gasteiger partial charge is 0.356 e. The van der Waals surface area contributed by atoms with Gasteiger partial charge in [-0.05, 0) is 31.9 Å². The molecule has 128 valence electrons. The van der Waals surface area contributed by atoms with Crippen LogP contribution in [-0.2, 0) is 6.54 Å². The van der Waals surface area contributed by atoms with Gasteiger partial charge in [0, 0.05) is 37.1 Å². The number of aromatic amines is 1. The van der Waals surface area contributed by atoms with Crippen molar-refractivity contribution in [3.63, 3.8) is 0 Å². The van der Waals surface area contributed by atoms with Crippen molar-refractivity contribution < 1.29 is 4.79 Å². The zero-order valence-corrected chi connectivity index (χ0v) is 14.4. The Kier molecular flexibility index (Phi) is 5.13. The van der Waals surface area contributed by atoms with E-state index in [0.717, 1.165) is 17.1 Å². The number of amides is 1. The highest BCUT2D eigenvalue weighted by atomic mass is 16.1. The van der Waals surface area contributed by atoms with Crippen LogP contribution in [0.2, 0.25) is 0 Å². The molecule has 0 bridgehead atoms. The fourth-order valence-electron chi connectivity index (χ4n) is 3.33. The molecule has 0 aromatic carbocycles. The highest BCUT2D eigenvalue weighted by Gasteiger charge is 2.21. The minimum atomic E-state index is -0.172. The van der Waals surface area contributed by atoms with Crippen molar-refractivity contribution in [2.75, 3.05) is 11.9 Å². The van der Waals surface area contributed by atoms with Gasteiger partial charge in [-0.3, -0.25) is 9.89 Å². The summed E-state index contributed by atoms with van der Waals surface area (Å²) >= 11 is 0. The van der Waals surface area contributed by atoms with Crippen LogP contribution >= 0.6 is 0 Å². The Morgan fingerprint density at radius 3 is 2.88 bits per heavy atom. The number of aromatic nitrogens is 3. The van der Waals surface area contributed by atoms with Crippen molar-refractivity contribution in [1.82, 2.24) is 20.5 Å². The number of pyridine rings is 1. The molecule has 0 unspecified atom stereocenters. The van der Waals surface area contributed by atoms with Gasteiger partial charge in [-0.1, -0.05) is 25.3 Å². The molecule has 2 heterocycles. The van der Waals surface area contributed by atoms with Crippen LogP contribution in [0.5, 0.6) is 0 Å². The molecular formula is C18H25N5O. The predicted octanol–water partition coefficient (Wildman–Crippen LogP) is 2.81. The molecule has 1 saturated carbocycles. The standard InChI is InChI=1S/C18H25N5O/c1-13-11-16(22-21-13)18(24)20-12-14-7-6-10-19-17(14)23(2)15-8-4-3-5-9-15/h6-7,10-11,15H,3-5,8-9,12H2,1-2H3,(H,20,24)(H,21,22). The van der Waals surface area contributed by atoms with Crippen LogP contribution in [-0.4, -0.2) is 34.2 Å². The maximum Gasteiger partial charge on any atom is 0.272 e. The molecule has 24 heavy (non-hydrogen) atoms. The third-order valence-electron chi connectivity index (χ3n) is 4.70. The summed E-state index contributed by atoms with van der Waals surface area (Å²) in [4.78, 5) is 19.0. The van der Waals surface area contributed by atoms with E-state index in [-0.39, 0.29) is 5.91 Å². The Bertz CT molecular complexity index is 690. The molecule has 0 atom stereocenters. The van der Waals surface area contributed by atoms with E-state index in [1.165, 1.54) is 32.1 Å². The second-order valence-corrected chi connectivity index (χ2v) is 6.51. The monoisotopic (exact) mass is 327 g/mol. The number of hydrogen-bond donors (Lipinski definition) is 2. The Hall–Kier alpha value is -2.37. The van der Waals surface area contributed by atoms with Crippen molar-refractivity contribution in [3.8, 4) is 0 Å². The van der Waals surface area contributed by atoms with Gasteiger partial charge in [0.25, 0.3) is 5.91 Å². The van der Waals surface area contributed by atoms with Gasteiger partial charge >= 0.3 is 0 Å². The van der Waals surface area contributed by atoms with Crippen molar-refractivity contribution in [2.45, 2.75) is 51.6 Å². The van der Waals surface area contributed by atoms with Crippen LogP contribution in [0.1, 0.15) is 53.8 Å². The maximum absolute atomic E-state index is 12.2. The quantitative estimate of drug-likeness (QED) is 0.885. The summed E-state index contributed by atoms with van der Waals surface area (Å²) in [6, 6.07) is 6.22. The summed E-state index contributed by atoms with van der Waals surface area (Å²) in [5.41, 5.74) is 2.32. The number of carbonyl (C=O) groups is 1. The second-order valence-electron chi connectivity index (χ2n) is 6.51. The molecule has 6 nitrogen and oxygen atoms in total. The number of anilines is 1. The lowest BCUT2D eigenvalue weighted by Gasteiger charge is -2.33. The maximum atomic E-state index is 12.2. The number of rotatable bonds is 5. The van der Waals surface area contributed by atoms with Crippen LogP contribution < -0.4 is 10.2 Å². The average Bonchev–Trinajstić information content (AvgIpc) is 3.06. The molecule has 1 aliphatic rings. The van der Waals surface area contributed by atoms with Gasteiger partial charge < -0.3 is 10.2 Å². The van der Waals surface area contributed by atoms with E-state index < -0.39 is 0 Å². The fourth-order valence-corrected chi connectivity index (χ4v) is 3.33. The lowest BCUT2D eigenvalue weighted by atomic mass is 9.94. The Morgan fingerprint density at radius 2 is 2.17 bits per heavy atom. The summed E-state index contributed by atoms with van der Waals surface area (Å²) < 4.78 is 0. The third kappa shape index (κ3) is 3.75. The van der Waals surface area contributed by atoms with E-state index in [0.29, 0.717) is 18.3 Å². The average molecular weight is 327 g/mol. The normalized spacial score (nSPS) is 15.2. The molecule has 2 aromatic heterocycles. The predicted molar refractivity (Wildman–Crippen MR) is 94.0 cm³/mol. The molecule has 0 radical (unpaired) electrons. The van der Waals surface area contributed by atoms with Crippen LogP contribution in [0.25, 0.3) is 0 Å². The van der Waals surface area contributed by atoms with Gasteiger partial charge in [0.05, 0.1) is 0 Å². The van der Waals surface area contributed by atoms with Crippen LogP contribution in [0.3, 0.4) is 0 Å². The molecule has 1 amide bonds. The highest BCUT2D eigenvalue weighted by Crippen LogP contribution is 2.26. The molecule has 1 aliphatic carbocycles. The van der Waals surface area contributed by atoms with Crippen molar-refractivity contribution in [2.24, 2.45) is 0 Å². The third-order valence-corrected chi connectivity index (χ3v) is 4.70. The molecule has 1 fully saturated rings. The van der Waals surface area contributed by atoms with Gasteiger partial charge in [-0.25, -0.2) is 4.98 Å². The number of nitrogens with zero attached hydrogens (tertiary/aromatic N) is 3. The minimum Gasteiger partial charge on any atom is -0.356 e. The Labute approximate surface area is 142 Å². The van der Waals surface area contributed by atoms with E-state index in [1.807, 2.05) is 25.3 Å². The summed E-state index contributed by atoms with van der Waals surface area (Å²) in [5, 5.41) is 9.72. The molecule has 3 rings (SSSR count). The second kappa shape index (κ2) is 7.47. The van der Waals surface area contributed by atoms with Gasteiger partial charge in [-0.15, -0.1) is 0 Å². The first-order valence-electron chi connectivity index (χ1n) is 8.62. The zero-order valence-electron chi connectivity index (χ0n) is 14.4. The molecule has 6 heteroatoms. The molecular weight excluding hydrogens is 302 g/mol. The SMILES string of the molecule is Cc1cc(C(=O)NCc2cccnc2N(C)C2CCCCC2)n[nH]1. The van der Waals surface area contributed by atoms with E-state index in [9.17, 15) is 4.79 Å². The van der Waals surface area contributed by atoms with Crippen LogP contribution in [0.15, 0.2) is 24.4 Å². The highest BCUT2D eigenvalue weighted by molar-refractivity contribution is 5.92. The lowest BCUT2D eigenvalue weighted by Crippen LogP contribution is -2.35. The molecule has 2 aromatic rings. The summed E-state index contributed by atoms with van der Waals surface area (Å²) in [6.45, 7) is 2.33. The topological polar surface area (TPSA) is 73.9 Å². The van der Waals surface area contributed by atoms with Gasteiger partial charge in [0.15, 0.2) is 0 Å². The van der Waals surface area contributed by atoms with E-state index in [2.05, 4.69) is 32.4 Å². The minimum absolute atomic E-state index is 0.172. The Morgan fingerprint density at radius 1 is 1.38 bits per heavy atom. The lowest BCUT2D eigenvalue weighted by molar-refractivity contribution is 0.0946. The van der Waals surface area contributed by atoms with E-state index in [1.54, 1.807) is 6.07 Å². The van der Waals surface area contributed by atoms with Crippen molar-refractivity contribution >= 4 is 11.7 Å². The number of carbonyl (C=O) groups excluding carboxylic acids is 1. The molecule has 0 spiro atoms. The number of H-pyrrole nitrogens is 1. The summed E-state index contributed by atoms with van der Waals surface area (Å²) in [5.74, 6) is 0.789. The first-order chi connectivity index (χ1) is 11.6. The molecule has 0 saturated heterocycles. The number of aryl methyl sites for hydroxylation is 1. The smallest absolute Gasteiger partial charge is 0.272 e. The fraction of sp³-hybridized carbons (Fsp3) is 0.500. The molecule has 0 aliphatic heterocycles. The van der Waals surface area contributed by atoms with Crippen molar-refractivity contribution in [1.29, 1.82) is 0 Å².